The SMILES string of the molecule is C[C@]1(O)CC[C@@H](C(N)=O)C1. The largest absolute Gasteiger partial charge is 0.390 e. The van der Waals surface area contributed by atoms with E-state index in [1.54, 1.807) is 6.92 Å². The molecule has 1 saturated carbocycles. The molecule has 0 heterocycles. The Morgan fingerprint density at radius 2 is 2.40 bits per heavy atom. The topological polar surface area (TPSA) is 63.3 Å². The van der Waals surface area contributed by atoms with Gasteiger partial charge in [0.25, 0.3) is 0 Å². The highest BCUT2D eigenvalue weighted by Gasteiger charge is 2.35. The van der Waals surface area contributed by atoms with E-state index >= 15 is 0 Å². The first kappa shape index (κ1) is 7.54. The van der Waals surface area contributed by atoms with Crippen LogP contribution >= 0.6 is 0 Å². The van der Waals surface area contributed by atoms with E-state index < -0.39 is 5.60 Å². The molecular weight excluding hydrogens is 130 g/mol. The Balaban J connectivity index is 2.51. The maximum absolute atomic E-state index is 10.6. The average Bonchev–Trinajstić information content (AvgIpc) is 2.10. The first-order chi connectivity index (χ1) is 4.51. The van der Waals surface area contributed by atoms with Gasteiger partial charge in [0, 0.05) is 5.92 Å². The van der Waals surface area contributed by atoms with Crippen LogP contribution in [0.2, 0.25) is 0 Å². The quantitative estimate of drug-likeness (QED) is 0.543. The number of hydrogen-bond acceptors (Lipinski definition) is 2. The minimum absolute atomic E-state index is 0.102. The summed E-state index contributed by atoms with van der Waals surface area (Å²) < 4.78 is 0. The molecule has 1 rings (SSSR count). The van der Waals surface area contributed by atoms with E-state index in [4.69, 9.17) is 5.73 Å². The van der Waals surface area contributed by atoms with Crippen LogP contribution < -0.4 is 5.73 Å². The molecule has 1 fully saturated rings. The van der Waals surface area contributed by atoms with Crippen LogP contribution in [0.5, 0.6) is 0 Å². The second-order valence-corrected chi connectivity index (χ2v) is 3.34. The van der Waals surface area contributed by atoms with Crippen LogP contribution in [-0.4, -0.2) is 16.6 Å². The lowest BCUT2D eigenvalue weighted by Gasteiger charge is -2.14. The van der Waals surface area contributed by atoms with E-state index in [0.29, 0.717) is 12.8 Å². The standard InChI is InChI=1S/C7H13NO2/c1-7(10)3-2-5(4-7)6(8)9/h5,10H,2-4H2,1H3,(H2,8,9)/t5-,7+/m1/s1. The van der Waals surface area contributed by atoms with Gasteiger partial charge < -0.3 is 10.8 Å². The van der Waals surface area contributed by atoms with Crippen molar-refractivity contribution in [2.45, 2.75) is 31.8 Å². The fourth-order valence-electron chi connectivity index (χ4n) is 1.46. The van der Waals surface area contributed by atoms with Crippen LogP contribution in [0.15, 0.2) is 0 Å². The molecule has 3 nitrogen and oxygen atoms in total. The molecule has 1 aliphatic rings. The number of hydrogen-bond donors (Lipinski definition) is 2. The van der Waals surface area contributed by atoms with E-state index in [2.05, 4.69) is 0 Å². The summed E-state index contributed by atoms with van der Waals surface area (Å²) in [4.78, 5) is 10.6. The fourth-order valence-corrected chi connectivity index (χ4v) is 1.46. The van der Waals surface area contributed by atoms with Crippen molar-refractivity contribution in [3.05, 3.63) is 0 Å². The summed E-state index contributed by atoms with van der Waals surface area (Å²) in [6.45, 7) is 1.75. The molecule has 2 atom stereocenters. The lowest BCUT2D eigenvalue weighted by atomic mass is 10.0. The molecule has 0 unspecified atom stereocenters. The Morgan fingerprint density at radius 1 is 1.80 bits per heavy atom. The number of carbonyl (C=O) groups is 1. The van der Waals surface area contributed by atoms with Crippen LogP contribution in [0.4, 0.5) is 0 Å². The molecule has 10 heavy (non-hydrogen) atoms. The number of carbonyl (C=O) groups excluding carboxylic acids is 1. The van der Waals surface area contributed by atoms with Crippen molar-refractivity contribution in [1.82, 2.24) is 0 Å². The Hall–Kier alpha value is -0.570. The molecule has 0 radical (unpaired) electrons. The van der Waals surface area contributed by atoms with Crippen molar-refractivity contribution in [2.75, 3.05) is 0 Å². The van der Waals surface area contributed by atoms with Crippen LogP contribution in [0.1, 0.15) is 26.2 Å². The van der Waals surface area contributed by atoms with Crippen molar-refractivity contribution < 1.29 is 9.90 Å². The van der Waals surface area contributed by atoms with Gasteiger partial charge in [-0.1, -0.05) is 0 Å². The molecule has 0 spiro atoms. The lowest BCUT2D eigenvalue weighted by Crippen LogP contribution is -2.25. The Morgan fingerprint density at radius 3 is 2.60 bits per heavy atom. The molecule has 1 aliphatic carbocycles. The van der Waals surface area contributed by atoms with Gasteiger partial charge in [-0.05, 0) is 26.2 Å². The van der Waals surface area contributed by atoms with Crippen molar-refractivity contribution in [2.24, 2.45) is 11.7 Å². The molecule has 3 N–H and O–H groups in total. The first-order valence-corrected chi connectivity index (χ1v) is 3.53. The van der Waals surface area contributed by atoms with Crippen molar-refractivity contribution in [3.8, 4) is 0 Å². The summed E-state index contributed by atoms with van der Waals surface area (Å²) in [5.41, 5.74) is 4.42. The molecule has 0 bridgehead atoms. The number of nitrogens with two attached hydrogens (primary N) is 1. The minimum Gasteiger partial charge on any atom is -0.390 e. The van der Waals surface area contributed by atoms with Gasteiger partial charge in [-0.3, -0.25) is 4.79 Å². The van der Waals surface area contributed by atoms with Crippen LogP contribution in [0, 0.1) is 5.92 Å². The summed E-state index contributed by atoms with van der Waals surface area (Å²) in [5.74, 6) is -0.382. The van der Waals surface area contributed by atoms with Crippen molar-refractivity contribution in [3.63, 3.8) is 0 Å². The van der Waals surface area contributed by atoms with Gasteiger partial charge in [0.2, 0.25) is 5.91 Å². The van der Waals surface area contributed by atoms with Gasteiger partial charge in [-0.15, -0.1) is 0 Å². The number of aliphatic hydroxyl groups is 1. The van der Waals surface area contributed by atoms with Gasteiger partial charge in [0.15, 0.2) is 0 Å². The number of rotatable bonds is 1. The third kappa shape index (κ3) is 1.48. The Kier molecular flexibility index (Phi) is 1.68. The molecule has 58 valence electrons. The molecule has 0 aliphatic heterocycles. The molecule has 0 aromatic heterocycles. The number of amides is 1. The zero-order chi connectivity index (χ0) is 7.78. The molecule has 0 saturated heterocycles. The van der Waals surface area contributed by atoms with E-state index in [0.717, 1.165) is 6.42 Å². The van der Waals surface area contributed by atoms with E-state index in [1.807, 2.05) is 0 Å². The normalized spacial score (nSPS) is 40.0. The van der Waals surface area contributed by atoms with Crippen LogP contribution in [-0.2, 0) is 4.79 Å². The monoisotopic (exact) mass is 143 g/mol. The van der Waals surface area contributed by atoms with Crippen LogP contribution in [0.3, 0.4) is 0 Å². The maximum Gasteiger partial charge on any atom is 0.220 e. The zero-order valence-electron chi connectivity index (χ0n) is 6.13. The van der Waals surface area contributed by atoms with E-state index in [9.17, 15) is 9.90 Å². The second-order valence-electron chi connectivity index (χ2n) is 3.34. The molecule has 0 aromatic carbocycles. The maximum atomic E-state index is 10.6. The van der Waals surface area contributed by atoms with Gasteiger partial charge in [0.1, 0.15) is 0 Å². The number of primary amides is 1. The van der Waals surface area contributed by atoms with Gasteiger partial charge in [-0.25, -0.2) is 0 Å². The average molecular weight is 143 g/mol. The second kappa shape index (κ2) is 2.23. The Bertz CT molecular complexity index is 154. The summed E-state index contributed by atoms with van der Waals surface area (Å²) in [6.07, 6.45) is 1.96. The molecular formula is C7H13NO2. The van der Waals surface area contributed by atoms with Crippen molar-refractivity contribution in [1.29, 1.82) is 0 Å². The fraction of sp³-hybridized carbons (Fsp3) is 0.857. The highest BCUT2D eigenvalue weighted by atomic mass is 16.3. The van der Waals surface area contributed by atoms with Crippen LogP contribution in [0.25, 0.3) is 0 Å². The molecule has 3 heteroatoms. The highest BCUT2D eigenvalue weighted by molar-refractivity contribution is 5.77. The third-order valence-corrected chi connectivity index (χ3v) is 2.12. The van der Waals surface area contributed by atoms with E-state index in [-0.39, 0.29) is 11.8 Å². The van der Waals surface area contributed by atoms with E-state index in [1.165, 1.54) is 0 Å². The zero-order valence-corrected chi connectivity index (χ0v) is 6.13. The summed E-state index contributed by atoms with van der Waals surface area (Å²) in [6, 6.07) is 0. The Labute approximate surface area is 60.2 Å². The predicted octanol–water partition coefficient (Wildman–Crippen LogP) is 0.0228. The van der Waals surface area contributed by atoms with Gasteiger partial charge in [-0.2, -0.15) is 0 Å². The summed E-state index contributed by atoms with van der Waals surface area (Å²) in [7, 11) is 0. The first-order valence-electron chi connectivity index (χ1n) is 3.53. The smallest absolute Gasteiger partial charge is 0.220 e. The minimum atomic E-state index is -0.653. The van der Waals surface area contributed by atoms with Crippen molar-refractivity contribution >= 4 is 5.91 Å². The van der Waals surface area contributed by atoms with Gasteiger partial charge in [0.05, 0.1) is 5.60 Å². The molecule has 0 aromatic rings. The van der Waals surface area contributed by atoms with Gasteiger partial charge >= 0.3 is 0 Å². The molecule has 1 amide bonds. The predicted molar refractivity (Wildman–Crippen MR) is 37.2 cm³/mol. The lowest BCUT2D eigenvalue weighted by molar-refractivity contribution is -0.122. The summed E-state index contributed by atoms with van der Waals surface area (Å²) >= 11 is 0. The third-order valence-electron chi connectivity index (χ3n) is 2.12. The summed E-state index contributed by atoms with van der Waals surface area (Å²) in [5, 5.41) is 9.41. The highest BCUT2D eigenvalue weighted by Crippen LogP contribution is 2.33.